The summed E-state index contributed by atoms with van der Waals surface area (Å²) in [4.78, 5) is 25.1. The second-order valence-corrected chi connectivity index (χ2v) is 8.29. The molecule has 0 aliphatic carbocycles. The number of ether oxygens (including phenoxy) is 4. The third kappa shape index (κ3) is 4.68. The Morgan fingerprint density at radius 1 is 1.03 bits per heavy atom. The lowest BCUT2D eigenvalue weighted by Gasteiger charge is -2.08. The molecule has 36 heavy (non-hydrogen) atoms. The highest BCUT2D eigenvalue weighted by molar-refractivity contribution is 6.15. The summed E-state index contributed by atoms with van der Waals surface area (Å²) in [5.74, 6) is 1.06. The van der Waals surface area contributed by atoms with Crippen molar-refractivity contribution in [2.75, 3.05) is 13.7 Å². The van der Waals surface area contributed by atoms with Gasteiger partial charge in [-0.3, -0.25) is 4.79 Å². The van der Waals surface area contributed by atoms with Crippen LogP contribution in [0.4, 0.5) is 0 Å². The SMILES string of the molecule is CCn1cc(C=C2Oc3cc(OCC(=O)OCc4ccccc4)ccc3C2=O)c2cc(OC)ccc21. The van der Waals surface area contributed by atoms with Gasteiger partial charge < -0.3 is 23.5 Å². The van der Waals surface area contributed by atoms with Crippen molar-refractivity contribution in [3.05, 3.63) is 95.4 Å². The Hall–Kier alpha value is -4.52. The molecule has 1 aromatic heterocycles. The maximum atomic E-state index is 13.0. The first-order valence-electron chi connectivity index (χ1n) is 11.6. The molecule has 0 N–H and O–H groups in total. The molecule has 0 unspecified atom stereocenters. The Labute approximate surface area is 208 Å². The normalized spacial score (nSPS) is 13.5. The van der Waals surface area contributed by atoms with Gasteiger partial charge in [0, 0.05) is 35.3 Å². The second-order valence-electron chi connectivity index (χ2n) is 8.29. The highest BCUT2D eigenvalue weighted by Crippen LogP contribution is 2.36. The predicted molar refractivity (Wildman–Crippen MR) is 135 cm³/mol. The van der Waals surface area contributed by atoms with Gasteiger partial charge in [0.15, 0.2) is 12.4 Å². The van der Waals surface area contributed by atoms with Crippen molar-refractivity contribution < 1.29 is 28.5 Å². The molecule has 3 aromatic carbocycles. The molecular weight excluding hydrogens is 458 g/mol. The third-order valence-corrected chi connectivity index (χ3v) is 5.99. The number of methoxy groups -OCH3 is 1. The molecule has 182 valence electrons. The number of ketones is 1. The number of carbonyl (C=O) groups excluding carboxylic acids is 2. The van der Waals surface area contributed by atoms with Crippen molar-refractivity contribution in [1.82, 2.24) is 4.57 Å². The number of rotatable bonds is 8. The van der Waals surface area contributed by atoms with E-state index in [2.05, 4.69) is 11.5 Å². The molecule has 0 saturated heterocycles. The van der Waals surface area contributed by atoms with E-state index in [1.54, 1.807) is 31.4 Å². The van der Waals surface area contributed by atoms with Gasteiger partial charge in [-0.15, -0.1) is 0 Å². The first kappa shape index (κ1) is 23.2. The van der Waals surface area contributed by atoms with Crippen LogP contribution in [-0.4, -0.2) is 30.0 Å². The molecule has 7 heteroatoms. The number of hydrogen-bond acceptors (Lipinski definition) is 6. The minimum Gasteiger partial charge on any atom is -0.497 e. The summed E-state index contributed by atoms with van der Waals surface area (Å²) in [5.41, 5.74) is 3.25. The number of fused-ring (bicyclic) bond motifs is 2. The Morgan fingerprint density at radius 2 is 1.83 bits per heavy atom. The van der Waals surface area contributed by atoms with Crippen LogP contribution in [0.2, 0.25) is 0 Å². The lowest BCUT2D eigenvalue weighted by Crippen LogP contribution is -2.14. The molecule has 0 atom stereocenters. The summed E-state index contributed by atoms with van der Waals surface area (Å²) in [7, 11) is 1.62. The molecular formula is C29H25NO6. The monoisotopic (exact) mass is 483 g/mol. The lowest BCUT2D eigenvalue weighted by atomic mass is 10.1. The number of hydrogen-bond donors (Lipinski definition) is 0. The van der Waals surface area contributed by atoms with E-state index in [9.17, 15) is 9.59 Å². The van der Waals surface area contributed by atoms with Gasteiger partial charge in [-0.05, 0) is 48.9 Å². The van der Waals surface area contributed by atoms with E-state index in [1.165, 1.54) is 0 Å². The Kier molecular flexibility index (Phi) is 6.45. The van der Waals surface area contributed by atoms with Gasteiger partial charge in [0.05, 0.1) is 12.7 Å². The zero-order valence-corrected chi connectivity index (χ0v) is 20.0. The molecule has 0 bridgehead atoms. The van der Waals surface area contributed by atoms with E-state index >= 15 is 0 Å². The molecule has 2 heterocycles. The quantitative estimate of drug-likeness (QED) is 0.246. The van der Waals surface area contributed by atoms with E-state index in [1.807, 2.05) is 54.7 Å². The minimum atomic E-state index is -0.486. The van der Waals surface area contributed by atoms with Crippen LogP contribution in [0.1, 0.15) is 28.4 Å². The molecule has 1 aliphatic rings. The van der Waals surface area contributed by atoms with Crippen molar-refractivity contribution in [2.24, 2.45) is 0 Å². The first-order valence-corrected chi connectivity index (χ1v) is 11.6. The number of Topliss-reactive ketones (excluding diaryl/α,β-unsaturated/α-hetero) is 1. The second kappa shape index (κ2) is 10.00. The molecule has 7 nitrogen and oxygen atoms in total. The van der Waals surface area contributed by atoms with E-state index in [0.29, 0.717) is 17.1 Å². The fraction of sp³-hybridized carbons (Fsp3) is 0.172. The van der Waals surface area contributed by atoms with E-state index in [-0.39, 0.29) is 24.8 Å². The van der Waals surface area contributed by atoms with E-state index in [0.717, 1.165) is 34.3 Å². The summed E-state index contributed by atoms with van der Waals surface area (Å²) in [6.45, 7) is 2.78. The van der Waals surface area contributed by atoms with Crippen molar-refractivity contribution in [1.29, 1.82) is 0 Å². The largest absolute Gasteiger partial charge is 0.497 e. The number of allylic oxidation sites excluding steroid dienone is 1. The van der Waals surface area contributed by atoms with Gasteiger partial charge in [-0.25, -0.2) is 4.79 Å². The summed E-state index contributed by atoms with van der Waals surface area (Å²) in [5, 5.41) is 0.967. The molecule has 0 saturated carbocycles. The van der Waals surface area contributed by atoms with Crippen LogP contribution >= 0.6 is 0 Å². The Morgan fingerprint density at radius 3 is 2.61 bits per heavy atom. The summed E-state index contributed by atoms with van der Waals surface area (Å²) >= 11 is 0. The molecule has 0 radical (unpaired) electrons. The van der Waals surface area contributed by atoms with Crippen LogP contribution in [0.25, 0.3) is 17.0 Å². The maximum Gasteiger partial charge on any atom is 0.344 e. The standard InChI is InChI=1S/C29H25NO6/c1-3-30-16-20(24-14-21(33-2)10-12-25(24)30)13-27-29(32)23-11-9-22(15-26(23)36-27)34-18-28(31)35-17-19-7-5-4-6-8-19/h4-16H,3,17-18H2,1-2H3. The maximum absolute atomic E-state index is 13.0. The topological polar surface area (TPSA) is 76.0 Å². The van der Waals surface area contributed by atoms with Gasteiger partial charge in [0.25, 0.3) is 0 Å². The molecule has 0 fully saturated rings. The third-order valence-electron chi connectivity index (χ3n) is 5.99. The van der Waals surface area contributed by atoms with Gasteiger partial charge in [0.2, 0.25) is 5.78 Å². The van der Waals surface area contributed by atoms with E-state index < -0.39 is 5.97 Å². The van der Waals surface area contributed by atoms with Gasteiger partial charge in [-0.2, -0.15) is 0 Å². The fourth-order valence-electron chi connectivity index (χ4n) is 4.13. The van der Waals surface area contributed by atoms with Crippen LogP contribution in [-0.2, 0) is 22.7 Å². The number of esters is 1. The number of carbonyl (C=O) groups is 2. The molecule has 5 rings (SSSR count). The average Bonchev–Trinajstić information content (AvgIpc) is 3.42. The van der Waals surface area contributed by atoms with Crippen molar-refractivity contribution >= 4 is 28.7 Å². The number of benzene rings is 3. The van der Waals surface area contributed by atoms with E-state index in [4.69, 9.17) is 18.9 Å². The molecule has 0 amide bonds. The van der Waals surface area contributed by atoms with Gasteiger partial charge in [0.1, 0.15) is 23.9 Å². The zero-order chi connectivity index (χ0) is 25.1. The molecule has 0 spiro atoms. The van der Waals surface area contributed by atoms with Crippen LogP contribution in [0.5, 0.6) is 17.2 Å². The number of nitrogens with zero attached hydrogens (tertiary/aromatic N) is 1. The number of aryl methyl sites for hydroxylation is 1. The van der Waals surface area contributed by atoms with Gasteiger partial charge >= 0.3 is 5.97 Å². The molecule has 1 aliphatic heterocycles. The first-order chi connectivity index (χ1) is 17.6. The minimum absolute atomic E-state index is 0.180. The zero-order valence-electron chi connectivity index (χ0n) is 20.0. The predicted octanol–water partition coefficient (Wildman–Crippen LogP) is 5.41. The highest BCUT2D eigenvalue weighted by atomic mass is 16.6. The fourth-order valence-corrected chi connectivity index (χ4v) is 4.13. The van der Waals surface area contributed by atoms with Gasteiger partial charge in [-0.1, -0.05) is 30.3 Å². The smallest absolute Gasteiger partial charge is 0.344 e. The summed E-state index contributed by atoms with van der Waals surface area (Å²) < 4.78 is 24.2. The average molecular weight is 484 g/mol. The lowest BCUT2D eigenvalue weighted by molar-refractivity contribution is -0.147. The van der Waals surface area contributed by atoms with Crippen molar-refractivity contribution in [3.8, 4) is 17.2 Å². The van der Waals surface area contributed by atoms with Crippen LogP contribution < -0.4 is 14.2 Å². The highest BCUT2D eigenvalue weighted by Gasteiger charge is 2.28. The summed E-state index contributed by atoms with van der Waals surface area (Å²) in [6, 6.07) is 20.2. The number of aromatic nitrogens is 1. The Bertz CT molecular complexity index is 1470. The van der Waals surface area contributed by atoms with Crippen molar-refractivity contribution in [2.45, 2.75) is 20.1 Å². The van der Waals surface area contributed by atoms with Crippen LogP contribution in [0, 0.1) is 0 Å². The van der Waals surface area contributed by atoms with Crippen molar-refractivity contribution in [3.63, 3.8) is 0 Å². The summed E-state index contributed by atoms with van der Waals surface area (Å²) in [6.07, 6.45) is 3.74. The van der Waals surface area contributed by atoms with Crippen LogP contribution in [0.3, 0.4) is 0 Å². The Balaban J connectivity index is 1.29. The molecule has 4 aromatic rings. The van der Waals surface area contributed by atoms with Crippen LogP contribution in [0.15, 0.2) is 78.7 Å².